The number of morpholine rings is 1. The van der Waals surface area contributed by atoms with Gasteiger partial charge in [0.05, 0.1) is 18.2 Å². The quantitative estimate of drug-likeness (QED) is 0.665. The maximum Gasteiger partial charge on any atom is 0.220 e. The van der Waals surface area contributed by atoms with Crippen molar-refractivity contribution in [2.24, 2.45) is 11.7 Å². The number of hydrogen-bond acceptors (Lipinski definition) is 4. The monoisotopic (exact) mass is 465 g/mol. The fourth-order valence-electron chi connectivity index (χ4n) is 4.30. The van der Waals surface area contributed by atoms with Gasteiger partial charge < -0.3 is 15.8 Å². The molecule has 8 heteroatoms. The summed E-state index contributed by atoms with van der Waals surface area (Å²) in [5, 5.41) is 3.88. The molecule has 3 rings (SSSR count). The first-order valence-corrected chi connectivity index (χ1v) is 10.4. The molecule has 0 spiro atoms. The van der Waals surface area contributed by atoms with Crippen LogP contribution in [0.1, 0.15) is 51.1 Å². The highest BCUT2D eigenvalue weighted by atomic mass is 35.5. The van der Waals surface area contributed by atoms with Crippen LogP contribution in [0.3, 0.4) is 0 Å². The Labute approximate surface area is 191 Å². The molecule has 0 radical (unpaired) electrons. The van der Waals surface area contributed by atoms with Gasteiger partial charge in [0, 0.05) is 37.1 Å². The highest BCUT2D eigenvalue weighted by molar-refractivity contribution is 6.30. The molecule has 5 nitrogen and oxygen atoms in total. The van der Waals surface area contributed by atoms with E-state index >= 15 is 0 Å². The minimum Gasteiger partial charge on any atom is -0.373 e. The van der Waals surface area contributed by atoms with Crippen LogP contribution >= 0.6 is 36.4 Å². The van der Waals surface area contributed by atoms with E-state index in [9.17, 15) is 4.79 Å². The van der Waals surface area contributed by atoms with Crippen LogP contribution < -0.4 is 11.1 Å². The second-order valence-electron chi connectivity index (χ2n) is 8.51. The van der Waals surface area contributed by atoms with Gasteiger partial charge in [-0.3, -0.25) is 9.69 Å². The molecule has 1 saturated carbocycles. The van der Waals surface area contributed by atoms with Crippen molar-refractivity contribution in [1.82, 2.24) is 10.2 Å². The first kappa shape index (κ1) is 26.5. The fraction of sp³-hybridized carbons (Fsp3) is 0.667. The van der Waals surface area contributed by atoms with Crippen LogP contribution in [0.4, 0.5) is 0 Å². The Morgan fingerprint density at radius 1 is 1.31 bits per heavy atom. The Morgan fingerprint density at radius 2 is 2.00 bits per heavy atom. The third-order valence-electron chi connectivity index (χ3n) is 5.81. The van der Waals surface area contributed by atoms with Gasteiger partial charge in [0.25, 0.3) is 0 Å². The van der Waals surface area contributed by atoms with Crippen LogP contribution in [0.25, 0.3) is 0 Å². The number of nitrogens with one attached hydrogen (secondary N) is 1. The SMILES string of the molecule is CC1(C)CN(C(CNC(=O)C[C@@H]2CCC[C@H]2N)c2ccc(Cl)cc2)CCO1.Cl.Cl. The molecule has 1 amide bonds. The summed E-state index contributed by atoms with van der Waals surface area (Å²) in [6.07, 6.45) is 3.76. The van der Waals surface area contributed by atoms with Crippen LogP contribution in [0, 0.1) is 5.92 Å². The van der Waals surface area contributed by atoms with Crippen molar-refractivity contribution in [3.05, 3.63) is 34.9 Å². The number of amides is 1. The number of halogens is 3. The zero-order valence-electron chi connectivity index (χ0n) is 17.2. The summed E-state index contributed by atoms with van der Waals surface area (Å²) in [5.74, 6) is 0.421. The summed E-state index contributed by atoms with van der Waals surface area (Å²) >= 11 is 6.07. The van der Waals surface area contributed by atoms with E-state index in [2.05, 4.69) is 36.2 Å². The minimum absolute atomic E-state index is 0. The maximum atomic E-state index is 12.5. The first-order chi connectivity index (χ1) is 12.8. The van der Waals surface area contributed by atoms with Crippen molar-refractivity contribution in [1.29, 1.82) is 0 Å². The van der Waals surface area contributed by atoms with Crippen molar-refractivity contribution in [2.45, 2.75) is 57.2 Å². The minimum atomic E-state index is -0.191. The number of carbonyl (C=O) groups excluding carboxylic acids is 1. The van der Waals surface area contributed by atoms with Gasteiger partial charge in [-0.1, -0.05) is 30.2 Å². The molecule has 3 N–H and O–H groups in total. The molecule has 2 aliphatic rings. The number of rotatable bonds is 6. The molecule has 0 aromatic heterocycles. The van der Waals surface area contributed by atoms with Crippen LogP contribution in [0.5, 0.6) is 0 Å². The topological polar surface area (TPSA) is 67.6 Å². The van der Waals surface area contributed by atoms with E-state index < -0.39 is 0 Å². The van der Waals surface area contributed by atoms with Gasteiger partial charge in [0.1, 0.15) is 0 Å². The Hall–Kier alpha value is -0.560. The predicted octanol–water partition coefficient (Wildman–Crippen LogP) is 3.97. The molecule has 2 fully saturated rings. The molecule has 0 bridgehead atoms. The van der Waals surface area contributed by atoms with Gasteiger partial charge in [-0.15, -0.1) is 24.8 Å². The first-order valence-electron chi connectivity index (χ1n) is 10.00. The van der Waals surface area contributed by atoms with Crippen LogP contribution in [-0.4, -0.2) is 48.7 Å². The summed E-state index contributed by atoms with van der Waals surface area (Å²) in [4.78, 5) is 14.9. The summed E-state index contributed by atoms with van der Waals surface area (Å²) in [5.41, 5.74) is 7.09. The highest BCUT2D eigenvalue weighted by Gasteiger charge is 2.32. The number of nitrogens with zero attached hydrogens (tertiary/aromatic N) is 1. The van der Waals surface area contributed by atoms with Crippen molar-refractivity contribution in [3.63, 3.8) is 0 Å². The van der Waals surface area contributed by atoms with Crippen molar-refractivity contribution in [2.75, 3.05) is 26.2 Å². The molecule has 1 aromatic carbocycles. The molecular weight excluding hydrogens is 433 g/mol. The zero-order chi connectivity index (χ0) is 19.4. The van der Waals surface area contributed by atoms with Crippen molar-refractivity contribution in [3.8, 4) is 0 Å². The summed E-state index contributed by atoms with van der Waals surface area (Å²) < 4.78 is 5.86. The lowest BCUT2D eigenvalue weighted by Gasteiger charge is -2.42. The Balaban J connectivity index is 0.00000210. The predicted molar refractivity (Wildman–Crippen MR) is 123 cm³/mol. The van der Waals surface area contributed by atoms with Gasteiger partial charge >= 0.3 is 0 Å². The Bertz CT molecular complexity index is 643. The second-order valence-corrected chi connectivity index (χ2v) is 8.95. The molecule has 1 unspecified atom stereocenters. The van der Waals surface area contributed by atoms with E-state index in [0.29, 0.717) is 25.5 Å². The van der Waals surface area contributed by atoms with Gasteiger partial charge in [-0.25, -0.2) is 0 Å². The van der Waals surface area contributed by atoms with Gasteiger partial charge in [-0.2, -0.15) is 0 Å². The van der Waals surface area contributed by atoms with E-state index in [0.717, 1.165) is 42.9 Å². The molecule has 166 valence electrons. The van der Waals surface area contributed by atoms with Crippen molar-refractivity contribution >= 4 is 42.3 Å². The van der Waals surface area contributed by atoms with Gasteiger partial charge in [-0.05, 0) is 50.3 Å². The molecular formula is C21H34Cl3N3O2. The lowest BCUT2D eigenvalue weighted by atomic mass is 9.99. The van der Waals surface area contributed by atoms with E-state index in [1.165, 1.54) is 0 Å². The Morgan fingerprint density at radius 3 is 2.59 bits per heavy atom. The largest absolute Gasteiger partial charge is 0.373 e. The molecule has 1 aliphatic carbocycles. The molecule has 3 atom stereocenters. The molecule has 1 saturated heterocycles. The van der Waals surface area contributed by atoms with E-state index in [1.54, 1.807) is 0 Å². The average molecular weight is 467 g/mol. The van der Waals surface area contributed by atoms with Gasteiger partial charge in [0.2, 0.25) is 5.91 Å². The number of hydrogen-bond donors (Lipinski definition) is 2. The lowest BCUT2D eigenvalue weighted by Crippen LogP contribution is -2.51. The van der Waals surface area contributed by atoms with Crippen LogP contribution in [0.15, 0.2) is 24.3 Å². The second kappa shape index (κ2) is 11.7. The van der Waals surface area contributed by atoms with Crippen molar-refractivity contribution < 1.29 is 9.53 Å². The molecule has 1 heterocycles. The number of carbonyl (C=O) groups is 1. The number of nitrogens with two attached hydrogens (primary N) is 1. The number of ether oxygens (including phenoxy) is 1. The summed E-state index contributed by atoms with van der Waals surface area (Å²) in [6, 6.07) is 8.20. The van der Waals surface area contributed by atoms with Crippen LogP contribution in [0.2, 0.25) is 5.02 Å². The zero-order valence-corrected chi connectivity index (χ0v) is 19.6. The molecule has 1 aliphatic heterocycles. The summed E-state index contributed by atoms with van der Waals surface area (Å²) in [7, 11) is 0. The summed E-state index contributed by atoms with van der Waals surface area (Å²) in [6.45, 7) is 7.17. The normalized spacial score (nSPS) is 24.8. The van der Waals surface area contributed by atoms with E-state index in [4.69, 9.17) is 22.1 Å². The third-order valence-corrected chi connectivity index (χ3v) is 6.06. The van der Waals surface area contributed by atoms with Crippen LogP contribution in [-0.2, 0) is 9.53 Å². The third kappa shape index (κ3) is 7.57. The molecule has 29 heavy (non-hydrogen) atoms. The number of benzene rings is 1. The maximum absolute atomic E-state index is 12.5. The van der Waals surface area contributed by atoms with E-state index in [-0.39, 0.29) is 48.4 Å². The highest BCUT2D eigenvalue weighted by Crippen LogP contribution is 2.29. The smallest absolute Gasteiger partial charge is 0.220 e. The fourth-order valence-corrected chi connectivity index (χ4v) is 4.43. The average Bonchev–Trinajstić information content (AvgIpc) is 3.00. The standard InChI is InChI=1S/C21H32ClN3O2.2ClH/c1-21(2)14-25(10-11-27-21)19(15-6-8-17(22)9-7-15)13-24-20(26)12-16-4-3-5-18(16)23;;/h6-9,16,18-19H,3-5,10-14,23H2,1-2H3,(H,24,26);2*1H/t16-,18+,19?;;/m0../s1. The Kier molecular flexibility index (Phi) is 10.7. The van der Waals surface area contributed by atoms with E-state index in [1.807, 2.05) is 12.1 Å². The van der Waals surface area contributed by atoms with Gasteiger partial charge in [0.15, 0.2) is 0 Å². The molecule has 1 aromatic rings. The lowest BCUT2D eigenvalue weighted by molar-refractivity contribution is -0.123.